The molecule has 1 aromatic carbocycles. The maximum absolute atomic E-state index is 13.7. The van der Waals surface area contributed by atoms with Crippen molar-refractivity contribution in [2.45, 2.75) is 70.4 Å². The number of nitrogens with zero attached hydrogens (tertiary/aromatic N) is 2. The van der Waals surface area contributed by atoms with Crippen LogP contribution in [-0.4, -0.2) is 46.0 Å². The van der Waals surface area contributed by atoms with Crippen LogP contribution in [0, 0.1) is 0 Å². The molecule has 0 spiro atoms. The molecule has 5 N–H and O–H groups in total. The lowest BCUT2D eigenvalue weighted by molar-refractivity contribution is -0.190. The molecule has 0 radical (unpaired) electrons. The molecular formula is C29H33N5O6. The van der Waals surface area contributed by atoms with Crippen molar-refractivity contribution in [1.29, 1.82) is 0 Å². The standard InChI is InChI=1S/C29H33N5O6/c1-3-29(40-27(37)16(2)32-25(35)21(31)9-6-7-11-30)20-13-23-24-18(12-17-8-4-5-10-22(17)33-24)14-34(23)26(36)19(20)15-39-28(29)38/h4-5,8,10,12-13,16,21H,3,6-7,9,11,14-15,30-31H2,1-2H3,(H,32,35)/t16-,21-,29-/m0/s1. The molecule has 4 heterocycles. The zero-order valence-corrected chi connectivity index (χ0v) is 22.6. The van der Waals surface area contributed by atoms with Crippen LogP contribution in [0.4, 0.5) is 0 Å². The number of unbranched alkanes of at least 4 members (excludes halogenated alkanes) is 1. The smallest absolute Gasteiger partial charge is 0.355 e. The Bertz CT molecular complexity index is 1570. The van der Waals surface area contributed by atoms with E-state index in [1.165, 1.54) is 6.92 Å². The van der Waals surface area contributed by atoms with Gasteiger partial charge in [-0.25, -0.2) is 14.6 Å². The molecule has 11 heteroatoms. The minimum absolute atomic E-state index is 0.0186. The number of hydrogen-bond donors (Lipinski definition) is 3. The number of esters is 2. The number of para-hydroxylation sites is 1. The van der Waals surface area contributed by atoms with Gasteiger partial charge in [0.15, 0.2) is 0 Å². The molecular weight excluding hydrogens is 514 g/mol. The van der Waals surface area contributed by atoms with E-state index in [9.17, 15) is 19.2 Å². The summed E-state index contributed by atoms with van der Waals surface area (Å²) in [6, 6.07) is 9.47. The van der Waals surface area contributed by atoms with Gasteiger partial charge in [-0.1, -0.05) is 31.5 Å². The van der Waals surface area contributed by atoms with Crippen LogP contribution in [0.3, 0.4) is 0 Å². The fourth-order valence-corrected chi connectivity index (χ4v) is 5.36. The predicted molar refractivity (Wildman–Crippen MR) is 147 cm³/mol. The zero-order chi connectivity index (χ0) is 28.6. The van der Waals surface area contributed by atoms with Gasteiger partial charge in [0.05, 0.1) is 35.1 Å². The number of cyclic esters (lactones) is 1. The highest BCUT2D eigenvalue weighted by Crippen LogP contribution is 2.41. The van der Waals surface area contributed by atoms with Crippen LogP contribution in [0.25, 0.3) is 22.3 Å². The summed E-state index contributed by atoms with van der Waals surface area (Å²) in [6.45, 7) is 3.72. The van der Waals surface area contributed by atoms with Crippen LogP contribution in [-0.2, 0) is 42.6 Å². The number of ether oxygens (including phenoxy) is 2. The average molecular weight is 548 g/mol. The molecule has 0 unspecified atom stereocenters. The number of rotatable bonds is 9. The Balaban J connectivity index is 1.47. The number of amides is 1. The highest BCUT2D eigenvalue weighted by Gasteiger charge is 2.51. The van der Waals surface area contributed by atoms with Crippen molar-refractivity contribution in [3.63, 3.8) is 0 Å². The quantitative estimate of drug-likeness (QED) is 0.208. The van der Waals surface area contributed by atoms with E-state index in [2.05, 4.69) is 5.32 Å². The first-order valence-electron chi connectivity index (χ1n) is 13.5. The molecule has 0 fully saturated rings. The molecule has 11 nitrogen and oxygen atoms in total. The zero-order valence-electron chi connectivity index (χ0n) is 22.6. The summed E-state index contributed by atoms with van der Waals surface area (Å²) in [6.07, 6.45) is 1.85. The van der Waals surface area contributed by atoms with Gasteiger partial charge in [-0.15, -0.1) is 0 Å². The van der Waals surface area contributed by atoms with Gasteiger partial charge in [-0.3, -0.25) is 9.59 Å². The first kappa shape index (κ1) is 27.5. The van der Waals surface area contributed by atoms with E-state index in [0.29, 0.717) is 37.3 Å². The monoisotopic (exact) mass is 547 g/mol. The summed E-state index contributed by atoms with van der Waals surface area (Å²) < 4.78 is 12.8. The summed E-state index contributed by atoms with van der Waals surface area (Å²) in [5.74, 6) is -2.13. The summed E-state index contributed by atoms with van der Waals surface area (Å²) >= 11 is 0. The number of carbonyl (C=O) groups excluding carboxylic acids is 3. The van der Waals surface area contributed by atoms with Crippen LogP contribution in [0.15, 0.2) is 41.2 Å². The lowest BCUT2D eigenvalue weighted by Gasteiger charge is -2.36. The van der Waals surface area contributed by atoms with E-state index in [4.69, 9.17) is 25.9 Å². The second-order valence-electron chi connectivity index (χ2n) is 10.3. The van der Waals surface area contributed by atoms with Gasteiger partial charge in [0.25, 0.3) is 5.56 Å². The van der Waals surface area contributed by atoms with E-state index in [1.54, 1.807) is 17.6 Å². The van der Waals surface area contributed by atoms with Gasteiger partial charge >= 0.3 is 11.9 Å². The number of fused-ring (bicyclic) bond motifs is 5. The van der Waals surface area contributed by atoms with Crippen LogP contribution >= 0.6 is 0 Å². The lowest BCUT2D eigenvalue weighted by atomic mass is 9.85. The SMILES string of the molecule is CC[C@@]1(OC(=O)[C@H](C)NC(=O)[C@@H](N)CCCCN)C(=O)OCc2c1cc1n(c2=O)Cc2cc3ccccc3nc2-1. The van der Waals surface area contributed by atoms with Gasteiger partial charge in [0.2, 0.25) is 11.5 Å². The molecule has 0 saturated heterocycles. The third kappa shape index (κ3) is 4.65. The Kier molecular flexibility index (Phi) is 7.43. The van der Waals surface area contributed by atoms with Gasteiger partial charge in [-0.2, -0.15) is 0 Å². The van der Waals surface area contributed by atoms with Crippen molar-refractivity contribution >= 4 is 28.7 Å². The molecule has 1 amide bonds. The molecule has 5 rings (SSSR count). The maximum atomic E-state index is 13.7. The molecule has 2 aromatic heterocycles. The Morgan fingerprint density at radius 2 is 2.00 bits per heavy atom. The fourth-order valence-electron chi connectivity index (χ4n) is 5.36. The molecule has 3 atom stereocenters. The molecule has 3 aromatic rings. The Hall–Kier alpha value is -4.09. The molecule has 0 aliphatic carbocycles. The molecule has 2 aliphatic heterocycles. The summed E-state index contributed by atoms with van der Waals surface area (Å²) in [5.41, 5.74) is 12.6. The van der Waals surface area contributed by atoms with Crippen molar-refractivity contribution < 1.29 is 23.9 Å². The number of aromatic nitrogens is 2. The number of pyridine rings is 2. The lowest BCUT2D eigenvalue weighted by Crippen LogP contribution is -2.52. The second kappa shape index (κ2) is 10.8. The summed E-state index contributed by atoms with van der Waals surface area (Å²) in [5, 5.41) is 3.52. The first-order valence-corrected chi connectivity index (χ1v) is 13.5. The number of nitrogens with two attached hydrogens (primary N) is 2. The molecule has 0 saturated carbocycles. The summed E-state index contributed by atoms with van der Waals surface area (Å²) in [7, 11) is 0. The van der Waals surface area contributed by atoms with Crippen molar-refractivity contribution in [2.24, 2.45) is 11.5 Å². The number of hydrogen-bond acceptors (Lipinski definition) is 9. The molecule has 0 bridgehead atoms. The van der Waals surface area contributed by atoms with Crippen molar-refractivity contribution in [1.82, 2.24) is 14.9 Å². The Morgan fingerprint density at radius 1 is 1.23 bits per heavy atom. The van der Waals surface area contributed by atoms with Gasteiger partial charge in [-0.05, 0) is 50.9 Å². The van der Waals surface area contributed by atoms with E-state index in [1.807, 2.05) is 30.3 Å². The molecule has 40 heavy (non-hydrogen) atoms. The van der Waals surface area contributed by atoms with Crippen molar-refractivity contribution in [2.75, 3.05) is 6.54 Å². The van der Waals surface area contributed by atoms with Gasteiger partial charge < -0.3 is 30.8 Å². The minimum atomic E-state index is -1.86. The highest BCUT2D eigenvalue weighted by molar-refractivity contribution is 5.91. The van der Waals surface area contributed by atoms with Crippen molar-refractivity contribution in [3.8, 4) is 11.4 Å². The predicted octanol–water partition coefficient (Wildman–Crippen LogP) is 1.59. The maximum Gasteiger partial charge on any atom is 0.355 e. The Labute approximate surface area is 230 Å². The van der Waals surface area contributed by atoms with Crippen LogP contribution in [0.2, 0.25) is 0 Å². The number of carbonyl (C=O) groups is 3. The summed E-state index contributed by atoms with van der Waals surface area (Å²) in [4.78, 5) is 57.4. The first-order chi connectivity index (χ1) is 19.2. The Morgan fingerprint density at radius 3 is 2.75 bits per heavy atom. The van der Waals surface area contributed by atoms with Crippen LogP contribution < -0.4 is 22.3 Å². The van der Waals surface area contributed by atoms with Crippen LogP contribution in [0.1, 0.15) is 56.2 Å². The molecule has 210 valence electrons. The van der Waals surface area contributed by atoms with Crippen molar-refractivity contribution in [3.05, 3.63) is 63.4 Å². The second-order valence-corrected chi connectivity index (χ2v) is 10.3. The van der Waals surface area contributed by atoms with Gasteiger partial charge in [0, 0.05) is 16.5 Å². The topological polar surface area (TPSA) is 169 Å². The molecule has 2 aliphatic rings. The third-order valence-corrected chi connectivity index (χ3v) is 7.68. The fraction of sp³-hybridized carbons (Fsp3) is 0.414. The largest absolute Gasteiger partial charge is 0.457 e. The number of nitrogens with one attached hydrogen (secondary N) is 1. The van der Waals surface area contributed by atoms with E-state index >= 15 is 0 Å². The third-order valence-electron chi connectivity index (χ3n) is 7.68. The van der Waals surface area contributed by atoms with Crippen LogP contribution in [0.5, 0.6) is 0 Å². The number of benzene rings is 1. The van der Waals surface area contributed by atoms with E-state index < -0.39 is 35.5 Å². The normalized spacial score (nSPS) is 18.8. The van der Waals surface area contributed by atoms with E-state index in [-0.39, 0.29) is 29.7 Å². The van der Waals surface area contributed by atoms with E-state index in [0.717, 1.165) is 22.9 Å². The van der Waals surface area contributed by atoms with Gasteiger partial charge in [0.1, 0.15) is 12.6 Å². The highest BCUT2D eigenvalue weighted by atomic mass is 16.6. The minimum Gasteiger partial charge on any atom is -0.457 e. The average Bonchev–Trinajstić information content (AvgIpc) is 3.31.